The van der Waals surface area contributed by atoms with Crippen LogP contribution in [0.1, 0.15) is 0 Å². The SMILES string of the molecule is C1=CC=NSC=C1.c1ccccc1. The third kappa shape index (κ3) is 5.93. The van der Waals surface area contributed by atoms with Gasteiger partial charge in [-0.25, -0.2) is 4.40 Å². The van der Waals surface area contributed by atoms with Gasteiger partial charge < -0.3 is 0 Å². The van der Waals surface area contributed by atoms with E-state index < -0.39 is 0 Å². The van der Waals surface area contributed by atoms with Gasteiger partial charge in [0.05, 0.1) is 0 Å². The normalized spacial score (nSPS) is 12.9. The van der Waals surface area contributed by atoms with Gasteiger partial charge in [0.25, 0.3) is 0 Å². The van der Waals surface area contributed by atoms with Crippen LogP contribution in [-0.2, 0) is 0 Å². The molecule has 1 nitrogen and oxygen atoms in total. The van der Waals surface area contributed by atoms with Gasteiger partial charge in [-0.15, -0.1) is 0 Å². The van der Waals surface area contributed by atoms with E-state index >= 15 is 0 Å². The summed E-state index contributed by atoms with van der Waals surface area (Å²) in [6.45, 7) is 0. The molecule has 0 atom stereocenters. The highest BCUT2D eigenvalue weighted by Crippen LogP contribution is 2.03. The lowest BCUT2D eigenvalue weighted by Gasteiger charge is -1.70. The Bertz CT molecular complexity index is 248. The van der Waals surface area contributed by atoms with Gasteiger partial charge in [0.15, 0.2) is 0 Å². The van der Waals surface area contributed by atoms with Crippen LogP contribution in [0, 0.1) is 0 Å². The van der Waals surface area contributed by atoms with Crippen molar-refractivity contribution in [3.63, 3.8) is 0 Å². The first-order chi connectivity index (χ1) is 6.50. The van der Waals surface area contributed by atoms with Crippen molar-refractivity contribution >= 4 is 18.2 Å². The molecule has 0 unspecified atom stereocenters. The van der Waals surface area contributed by atoms with Crippen LogP contribution in [0.25, 0.3) is 0 Å². The summed E-state index contributed by atoms with van der Waals surface area (Å²) in [6.07, 6.45) is 7.57. The van der Waals surface area contributed by atoms with Gasteiger partial charge in [-0.2, -0.15) is 0 Å². The zero-order chi connectivity index (χ0) is 9.19. The topological polar surface area (TPSA) is 12.4 Å². The minimum absolute atomic E-state index is 1.44. The number of allylic oxidation sites excluding steroid dienone is 3. The molecule has 2 heteroatoms. The molecule has 0 spiro atoms. The first kappa shape index (κ1) is 9.81. The molecule has 1 aromatic carbocycles. The van der Waals surface area contributed by atoms with Gasteiger partial charge >= 0.3 is 0 Å². The van der Waals surface area contributed by atoms with E-state index in [0.29, 0.717) is 0 Å². The highest BCUT2D eigenvalue weighted by atomic mass is 32.2. The van der Waals surface area contributed by atoms with E-state index in [0.717, 1.165) is 0 Å². The van der Waals surface area contributed by atoms with Crippen molar-refractivity contribution in [1.29, 1.82) is 0 Å². The largest absolute Gasteiger partial charge is 0.220 e. The Kier molecular flexibility index (Phi) is 5.56. The van der Waals surface area contributed by atoms with Crippen molar-refractivity contribution in [2.75, 3.05) is 0 Å². The summed E-state index contributed by atoms with van der Waals surface area (Å²) in [7, 11) is 0. The van der Waals surface area contributed by atoms with Crippen LogP contribution in [0.5, 0.6) is 0 Å². The molecule has 0 N–H and O–H groups in total. The van der Waals surface area contributed by atoms with Crippen LogP contribution in [0.2, 0.25) is 0 Å². The van der Waals surface area contributed by atoms with Crippen LogP contribution in [0.4, 0.5) is 0 Å². The highest BCUT2D eigenvalue weighted by Gasteiger charge is 1.72. The van der Waals surface area contributed by atoms with Crippen LogP contribution in [0.3, 0.4) is 0 Å². The Morgan fingerprint density at radius 3 is 1.92 bits per heavy atom. The number of hydrogen-bond donors (Lipinski definition) is 0. The summed E-state index contributed by atoms with van der Waals surface area (Å²) in [5.41, 5.74) is 0. The molecule has 0 saturated heterocycles. The fourth-order valence-corrected chi connectivity index (χ4v) is 1.06. The smallest absolute Gasteiger partial charge is 0.0355 e. The molecule has 0 bridgehead atoms. The first-order valence-corrected chi connectivity index (χ1v) is 4.85. The van der Waals surface area contributed by atoms with Crippen LogP contribution in [-0.4, -0.2) is 6.21 Å². The minimum Gasteiger partial charge on any atom is -0.220 e. The van der Waals surface area contributed by atoms with Gasteiger partial charge in [-0.1, -0.05) is 48.6 Å². The lowest BCUT2D eigenvalue weighted by molar-refractivity contribution is 1.72. The van der Waals surface area contributed by atoms with Crippen molar-refractivity contribution in [1.82, 2.24) is 0 Å². The summed E-state index contributed by atoms with van der Waals surface area (Å²) >= 11 is 1.44. The summed E-state index contributed by atoms with van der Waals surface area (Å²) in [5, 5.41) is 1.93. The fourth-order valence-electron chi connectivity index (χ4n) is 0.685. The lowest BCUT2D eigenvalue weighted by atomic mass is 10.4. The van der Waals surface area contributed by atoms with Gasteiger partial charge in [-0.3, -0.25) is 0 Å². The van der Waals surface area contributed by atoms with E-state index in [-0.39, 0.29) is 0 Å². The molecular weight excluding hydrogens is 178 g/mol. The monoisotopic (exact) mass is 189 g/mol. The van der Waals surface area contributed by atoms with Crippen molar-refractivity contribution in [3.8, 4) is 0 Å². The molecule has 0 aliphatic carbocycles. The number of benzene rings is 1. The fraction of sp³-hybridized carbons (Fsp3) is 0. The van der Waals surface area contributed by atoms with Gasteiger partial charge in [-0.05, 0) is 11.5 Å². The Labute approximate surface area is 83.0 Å². The quantitative estimate of drug-likeness (QED) is 0.569. The highest BCUT2D eigenvalue weighted by molar-refractivity contribution is 8.01. The number of rotatable bonds is 0. The van der Waals surface area contributed by atoms with E-state index in [1.54, 1.807) is 6.21 Å². The summed E-state index contributed by atoms with van der Waals surface area (Å²) in [4.78, 5) is 0. The molecule has 1 aliphatic rings. The maximum Gasteiger partial charge on any atom is 0.0355 e. The Morgan fingerprint density at radius 2 is 1.31 bits per heavy atom. The van der Waals surface area contributed by atoms with Crippen LogP contribution >= 0.6 is 11.9 Å². The van der Waals surface area contributed by atoms with E-state index in [9.17, 15) is 0 Å². The Balaban J connectivity index is 0.000000132. The Morgan fingerprint density at radius 1 is 0.692 bits per heavy atom. The molecule has 66 valence electrons. The molecule has 0 amide bonds. The predicted molar refractivity (Wildman–Crippen MR) is 60.8 cm³/mol. The number of hydrogen-bond acceptors (Lipinski definition) is 2. The standard InChI is InChI=1S/C6H6.C5H5NS/c1-2-4-6-5-3-1;1-2-4-6-7-5-3-1/h1-6H;1-5H. The van der Waals surface area contributed by atoms with E-state index in [2.05, 4.69) is 4.40 Å². The van der Waals surface area contributed by atoms with Crippen molar-refractivity contribution in [3.05, 3.63) is 60.0 Å². The molecule has 1 aromatic rings. The first-order valence-electron chi connectivity index (χ1n) is 4.01. The molecule has 0 saturated carbocycles. The van der Waals surface area contributed by atoms with E-state index in [1.165, 1.54) is 11.9 Å². The molecular formula is C11H11NS. The van der Waals surface area contributed by atoms with Crippen molar-refractivity contribution in [2.45, 2.75) is 0 Å². The third-order valence-electron chi connectivity index (χ3n) is 1.24. The summed E-state index contributed by atoms with van der Waals surface area (Å²) in [5.74, 6) is 0. The maximum absolute atomic E-state index is 3.89. The second-order valence-corrected chi connectivity index (χ2v) is 2.92. The zero-order valence-corrected chi connectivity index (χ0v) is 8.02. The maximum atomic E-state index is 3.89. The number of nitrogens with zero attached hydrogens (tertiary/aromatic N) is 1. The molecule has 0 aromatic heterocycles. The van der Waals surface area contributed by atoms with Crippen molar-refractivity contribution < 1.29 is 0 Å². The Hall–Kier alpha value is -1.28. The molecule has 0 radical (unpaired) electrons. The second kappa shape index (κ2) is 7.37. The van der Waals surface area contributed by atoms with Gasteiger partial charge in [0, 0.05) is 18.2 Å². The zero-order valence-electron chi connectivity index (χ0n) is 7.21. The van der Waals surface area contributed by atoms with Crippen LogP contribution in [0.15, 0.2) is 64.4 Å². The van der Waals surface area contributed by atoms with Gasteiger partial charge in [0.1, 0.15) is 0 Å². The molecule has 13 heavy (non-hydrogen) atoms. The average molecular weight is 189 g/mol. The van der Waals surface area contributed by atoms with E-state index in [4.69, 9.17) is 0 Å². The third-order valence-corrected chi connectivity index (χ3v) is 1.76. The molecule has 0 fully saturated rings. The predicted octanol–water partition coefficient (Wildman–Crippen LogP) is 3.48. The minimum atomic E-state index is 1.44. The van der Waals surface area contributed by atoms with E-state index in [1.807, 2.05) is 60.0 Å². The second-order valence-electron chi connectivity index (χ2n) is 2.23. The van der Waals surface area contributed by atoms with Gasteiger partial charge in [0.2, 0.25) is 0 Å². The molecule has 1 aliphatic heterocycles. The lowest BCUT2D eigenvalue weighted by Crippen LogP contribution is -1.51. The molecule has 1 heterocycles. The van der Waals surface area contributed by atoms with Crippen LogP contribution < -0.4 is 0 Å². The van der Waals surface area contributed by atoms with Crippen molar-refractivity contribution in [2.24, 2.45) is 4.40 Å². The summed E-state index contributed by atoms with van der Waals surface area (Å²) in [6, 6.07) is 12.0. The average Bonchev–Trinajstić information content (AvgIpc) is 2.53. The molecule has 2 rings (SSSR count). The summed E-state index contributed by atoms with van der Waals surface area (Å²) < 4.78 is 3.89.